The van der Waals surface area contributed by atoms with Crippen LogP contribution in [0.3, 0.4) is 0 Å². The van der Waals surface area contributed by atoms with Gasteiger partial charge >= 0.3 is 12.1 Å². The summed E-state index contributed by atoms with van der Waals surface area (Å²) in [7, 11) is 0. The molecule has 0 aromatic carbocycles. The second-order valence-electron chi connectivity index (χ2n) is 2.85. The first kappa shape index (κ1) is 13.3. The third-order valence-electron chi connectivity index (χ3n) is 1.77. The highest BCUT2D eigenvalue weighted by Gasteiger charge is 2.39. The number of nitrogens with zero attached hydrogens (tertiary/aromatic N) is 1. The Morgan fingerprint density at radius 2 is 1.88 bits per heavy atom. The van der Waals surface area contributed by atoms with Crippen molar-refractivity contribution in [2.75, 3.05) is 0 Å². The zero-order valence-electron chi connectivity index (χ0n) is 7.73. The van der Waals surface area contributed by atoms with Crippen LogP contribution < -0.4 is 0 Å². The second kappa shape index (κ2) is 4.22. The lowest BCUT2D eigenvalue weighted by Gasteiger charge is -2.12. The minimum Gasteiger partial charge on any atom is -0.478 e. The van der Waals surface area contributed by atoms with E-state index < -0.39 is 41.2 Å². The molecule has 0 aliphatic heterocycles. The molecule has 17 heavy (non-hydrogen) atoms. The maximum Gasteiger partial charge on any atom is 0.418 e. The number of pyridine rings is 1. The minimum atomic E-state index is -5.19. The van der Waals surface area contributed by atoms with E-state index in [0.29, 0.717) is 0 Å². The number of hydrogen-bond acceptors (Lipinski definition) is 2. The average Bonchev–Trinajstić information content (AvgIpc) is 2.14. The minimum absolute atomic E-state index is 0.131. The molecule has 1 aromatic rings. The quantitative estimate of drug-likeness (QED) is 0.831. The van der Waals surface area contributed by atoms with Gasteiger partial charge in [-0.2, -0.15) is 13.2 Å². The average molecular weight is 259 g/mol. The van der Waals surface area contributed by atoms with Gasteiger partial charge in [0, 0.05) is 6.20 Å². The van der Waals surface area contributed by atoms with Gasteiger partial charge in [0.25, 0.3) is 6.43 Å². The van der Waals surface area contributed by atoms with Gasteiger partial charge < -0.3 is 5.11 Å². The topological polar surface area (TPSA) is 50.2 Å². The Balaban J connectivity index is 3.57. The third-order valence-corrected chi connectivity index (χ3v) is 1.77. The number of halogens is 6. The van der Waals surface area contributed by atoms with E-state index in [2.05, 4.69) is 4.98 Å². The fraction of sp³-hybridized carbons (Fsp3) is 0.250. The largest absolute Gasteiger partial charge is 0.478 e. The van der Waals surface area contributed by atoms with Gasteiger partial charge in [0.2, 0.25) is 0 Å². The number of aromatic nitrogens is 1. The van der Waals surface area contributed by atoms with Crippen LogP contribution in [0.15, 0.2) is 6.20 Å². The molecule has 0 unspecified atom stereocenters. The number of rotatable bonds is 2. The number of alkyl halides is 5. The predicted molar refractivity (Wildman–Crippen MR) is 41.1 cm³/mol. The molecule has 1 heterocycles. The van der Waals surface area contributed by atoms with Gasteiger partial charge in [-0.15, -0.1) is 0 Å². The SMILES string of the molecule is O=C(O)c1c(C(F)(F)F)cnc(C(F)F)c1F. The Morgan fingerprint density at radius 3 is 2.24 bits per heavy atom. The van der Waals surface area contributed by atoms with Gasteiger partial charge in [-0.1, -0.05) is 0 Å². The van der Waals surface area contributed by atoms with Gasteiger partial charge in [-0.25, -0.2) is 18.0 Å². The Morgan fingerprint density at radius 1 is 1.35 bits per heavy atom. The molecule has 0 aliphatic carbocycles. The molecule has 0 fully saturated rings. The Hall–Kier alpha value is -1.80. The maximum absolute atomic E-state index is 13.1. The van der Waals surface area contributed by atoms with Crippen LogP contribution in [0, 0.1) is 5.82 Å². The highest BCUT2D eigenvalue weighted by Crippen LogP contribution is 2.34. The van der Waals surface area contributed by atoms with Crippen LogP contribution in [0.4, 0.5) is 26.3 Å². The van der Waals surface area contributed by atoms with Crippen molar-refractivity contribution in [2.45, 2.75) is 12.6 Å². The molecule has 0 saturated heterocycles. The van der Waals surface area contributed by atoms with Crippen molar-refractivity contribution < 1.29 is 36.2 Å². The smallest absolute Gasteiger partial charge is 0.418 e. The second-order valence-corrected chi connectivity index (χ2v) is 2.85. The van der Waals surface area contributed by atoms with Crippen LogP contribution in [-0.4, -0.2) is 16.1 Å². The number of carboxylic acid groups (broad SMARTS) is 1. The van der Waals surface area contributed by atoms with Crippen molar-refractivity contribution in [1.29, 1.82) is 0 Å². The maximum atomic E-state index is 13.1. The summed E-state index contributed by atoms with van der Waals surface area (Å²) in [4.78, 5) is 13.0. The van der Waals surface area contributed by atoms with Crippen molar-refractivity contribution in [2.24, 2.45) is 0 Å². The highest BCUT2D eigenvalue weighted by molar-refractivity contribution is 5.90. The molecular formula is C8H3F6NO2. The lowest BCUT2D eigenvalue weighted by atomic mass is 10.1. The number of hydrogen-bond donors (Lipinski definition) is 1. The normalized spacial score (nSPS) is 11.9. The summed E-state index contributed by atoms with van der Waals surface area (Å²) in [6, 6.07) is 0. The van der Waals surface area contributed by atoms with Gasteiger partial charge in [0.05, 0.1) is 5.56 Å². The number of carbonyl (C=O) groups is 1. The third kappa shape index (κ3) is 2.48. The first-order valence-electron chi connectivity index (χ1n) is 3.93. The van der Waals surface area contributed by atoms with Crippen LogP contribution in [0.2, 0.25) is 0 Å². The number of carboxylic acids is 1. The Labute approximate surface area is 89.7 Å². The summed E-state index contributed by atoms with van der Waals surface area (Å²) in [6.07, 6.45) is -8.83. The molecule has 1 N–H and O–H groups in total. The van der Waals surface area contributed by atoms with E-state index in [1.165, 1.54) is 0 Å². The molecule has 1 aromatic heterocycles. The van der Waals surface area contributed by atoms with Crippen molar-refractivity contribution >= 4 is 5.97 Å². The molecule has 94 valence electrons. The van der Waals surface area contributed by atoms with Gasteiger partial charge in [-0.05, 0) is 0 Å². The van der Waals surface area contributed by atoms with E-state index in [1.807, 2.05) is 0 Å². The van der Waals surface area contributed by atoms with Crippen molar-refractivity contribution in [1.82, 2.24) is 4.98 Å². The van der Waals surface area contributed by atoms with Crippen LogP contribution >= 0.6 is 0 Å². The standard InChI is InChI=1S/C8H3F6NO2/c9-4-3(7(16)17)2(8(12,13)14)1-15-5(4)6(10)11/h1,6H,(H,16,17). The molecule has 0 aliphatic rings. The summed E-state index contributed by atoms with van der Waals surface area (Å²) in [5.41, 5.74) is -5.40. The van der Waals surface area contributed by atoms with E-state index in [9.17, 15) is 31.1 Å². The Bertz CT molecular complexity index is 456. The highest BCUT2D eigenvalue weighted by atomic mass is 19.4. The van der Waals surface area contributed by atoms with Gasteiger partial charge in [0.15, 0.2) is 5.82 Å². The molecule has 0 radical (unpaired) electrons. The van der Waals surface area contributed by atoms with Gasteiger partial charge in [0.1, 0.15) is 11.3 Å². The molecule has 0 spiro atoms. The van der Waals surface area contributed by atoms with E-state index >= 15 is 0 Å². The molecule has 0 amide bonds. The first-order chi connectivity index (χ1) is 7.66. The van der Waals surface area contributed by atoms with E-state index in [-0.39, 0.29) is 6.20 Å². The lowest BCUT2D eigenvalue weighted by Crippen LogP contribution is -2.17. The molecular weight excluding hydrogens is 256 g/mol. The van der Waals surface area contributed by atoms with E-state index in [4.69, 9.17) is 5.11 Å². The Kier molecular flexibility index (Phi) is 3.30. The summed E-state index contributed by atoms with van der Waals surface area (Å²) in [5.74, 6) is -4.47. The van der Waals surface area contributed by atoms with Crippen molar-refractivity contribution in [3.8, 4) is 0 Å². The summed E-state index contributed by atoms with van der Waals surface area (Å²) >= 11 is 0. The first-order valence-corrected chi connectivity index (χ1v) is 3.93. The predicted octanol–water partition coefficient (Wildman–Crippen LogP) is 2.88. The van der Waals surface area contributed by atoms with Crippen molar-refractivity contribution in [3.63, 3.8) is 0 Å². The van der Waals surface area contributed by atoms with E-state index in [1.54, 1.807) is 0 Å². The molecule has 9 heteroatoms. The van der Waals surface area contributed by atoms with Crippen LogP contribution in [-0.2, 0) is 6.18 Å². The summed E-state index contributed by atoms with van der Waals surface area (Å²) < 4.78 is 74.2. The number of aromatic carboxylic acids is 1. The van der Waals surface area contributed by atoms with Gasteiger partial charge in [-0.3, -0.25) is 4.98 Å². The van der Waals surface area contributed by atoms with Crippen LogP contribution in [0.5, 0.6) is 0 Å². The molecule has 3 nitrogen and oxygen atoms in total. The summed E-state index contributed by atoms with van der Waals surface area (Å²) in [5, 5.41) is 8.40. The summed E-state index contributed by atoms with van der Waals surface area (Å²) in [6.45, 7) is 0. The molecule has 0 saturated carbocycles. The molecule has 0 bridgehead atoms. The fourth-order valence-electron chi connectivity index (χ4n) is 1.08. The molecule has 1 rings (SSSR count). The zero-order chi connectivity index (χ0) is 13.4. The van der Waals surface area contributed by atoms with Crippen LogP contribution in [0.25, 0.3) is 0 Å². The van der Waals surface area contributed by atoms with Crippen LogP contribution in [0.1, 0.15) is 28.0 Å². The fourth-order valence-corrected chi connectivity index (χ4v) is 1.08. The molecule has 0 atom stereocenters. The van der Waals surface area contributed by atoms with Crippen molar-refractivity contribution in [3.05, 3.63) is 28.8 Å². The van der Waals surface area contributed by atoms with E-state index in [0.717, 1.165) is 0 Å². The lowest BCUT2D eigenvalue weighted by molar-refractivity contribution is -0.138. The zero-order valence-corrected chi connectivity index (χ0v) is 7.73. The monoisotopic (exact) mass is 259 g/mol.